The molecule has 0 aliphatic heterocycles. The van der Waals surface area contributed by atoms with Crippen LogP contribution < -0.4 is 5.32 Å². The van der Waals surface area contributed by atoms with Crippen molar-refractivity contribution in [1.29, 1.82) is 0 Å². The van der Waals surface area contributed by atoms with Crippen LogP contribution in [0, 0.1) is 6.92 Å². The summed E-state index contributed by atoms with van der Waals surface area (Å²) in [6.07, 6.45) is 2.54. The number of aryl methyl sites for hydroxylation is 1. The molecule has 90 valence electrons. The number of hydrogen-bond donors (Lipinski definition) is 1. The number of hydrogen-bond acceptors (Lipinski definition) is 2. The lowest BCUT2D eigenvalue weighted by Crippen LogP contribution is -2.18. The van der Waals surface area contributed by atoms with Gasteiger partial charge in [0.05, 0.1) is 17.0 Å². The molecule has 0 radical (unpaired) electrons. The van der Waals surface area contributed by atoms with Crippen molar-refractivity contribution in [2.24, 2.45) is 0 Å². The molecule has 0 spiro atoms. The Bertz CT molecular complexity index is 479. The van der Waals surface area contributed by atoms with E-state index in [1.807, 2.05) is 24.3 Å². The molecule has 17 heavy (non-hydrogen) atoms. The van der Waals surface area contributed by atoms with Gasteiger partial charge >= 0.3 is 0 Å². The molecule has 3 heteroatoms. The van der Waals surface area contributed by atoms with Gasteiger partial charge in [-0.05, 0) is 43.7 Å². The van der Waals surface area contributed by atoms with Crippen LogP contribution in [0.4, 0.5) is 5.69 Å². The van der Waals surface area contributed by atoms with Gasteiger partial charge in [0, 0.05) is 12.5 Å². The molecule has 1 unspecified atom stereocenters. The molecule has 1 aromatic carbocycles. The molecule has 1 aromatic heterocycles. The molecule has 1 heterocycles. The molecule has 0 amide bonds. The van der Waals surface area contributed by atoms with Gasteiger partial charge in [0.2, 0.25) is 0 Å². The second-order valence-electron chi connectivity index (χ2n) is 4.31. The van der Waals surface area contributed by atoms with Gasteiger partial charge in [0.25, 0.3) is 0 Å². The van der Waals surface area contributed by atoms with Gasteiger partial charge in [0.15, 0.2) is 0 Å². The molecular weight excluding hydrogens is 234 g/mol. The first-order valence-electron chi connectivity index (χ1n) is 5.70. The van der Waals surface area contributed by atoms with Gasteiger partial charge in [-0.15, -0.1) is 0 Å². The first kappa shape index (κ1) is 12.1. The lowest BCUT2D eigenvalue weighted by molar-refractivity contribution is 0.498. The summed E-state index contributed by atoms with van der Waals surface area (Å²) < 4.78 is 5.32. The lowest BCUT2D eigenvalue weighted by Gasteiger charge is -2.15. The minimum Gasteiger partial charge on any atom is -0.469 e. The summed E-state index contributed by atoms with van der Waals surface area (Å²) in [5, 5.41) is 4.15. The van der Waals surface area contributed by atoms with E-state index in [-0.39, 0.29) is 6.04 Å². The second-order valence-corrected chi connectivity index (χ2v) is 4.72. The first-order chi connectivity index (χ1) is 8.15. The van der Waals surface area contributed by atoms with Crippen molar-refractivity contribution < 1.29 is 4.42 Å². The van der Waals surface area contributed by atoms with Crippen LogP contribution in [0.1, 0.15) is 18.2 Å². The zero-order chi connectivity index (χ0) is 12.3. The topological polar surface area (TPSA) is 25.2 Å². The standard InChI is InChI=1S/C14H16ClNO/c1-10-5-6-13(15)14(8-10)16-11(2)9-12-4-3-7-17-12/h3-8,11,16H,9H2,1-2H3. The SMILES string of the molecule is Cc1ccc(Cl)c(NC(C)Cc2ccco2)c1. The van der Waals surface area contributed by atoms with Gasteiger partial charge in [-0.25, -0.2) is 0 Å². The highest BCUT2D eigenvalue weighted by Gasteiger charge is 2.08. The van der Waals surface area contributed by atoms with Crippen LogP contribution in [0.25, 0.3) is 0 Å². The number of rotatable bonds is 4. The molecule has 0 aliphatic rings. The van der Waals surface area contributed by atoms with Crippen molar-refractivity contribution in [1.82, 2.24) is 0 Å². The normalized spacial score (nSPS) is 12.4. The van der Waals surface area contributed by atoms with E-state index in [0.29, 0.717) is 0 Å². The number of halogens is 1. The maximum absolute atomic E-state index is 6.14. The minimum atomic E-state index is 0.278. The van der Waals surface area contributed by atoms with E-state index in [1.54, 1.807) is 6.26 Å². The summed E-state index contributed by atoms with van der Waals surface area (Å²) in [4.78, 5) is 0. The van der Waals surface area contributed by atoms with E-state index in [4.69, 9.17) is 16.0 Å². The minimum absolute atomic E-state index is 0.278. The Morgan fingerprint density at radius 1 is 1.35 bits per heavy atom. The molecule has 1 atom stereocenters. The zero-order valence-corrected chi connectivity index (χ0v) is 10.8. The van der Waals surface area contributed by atoms with E-state index < -0.39 is 0 Å². The maximum Gasteiger partial charge on any atom is 0.105 e. The summed E-state index contributed by atoms with van der Waals surface area (Å²) >= 11 is 6.14. The summed E-state index contributed by atoms with van der Waals surface area (Å²) in [6.45, 7) is 4.17. The Labute approximate surface area is 107 Å². The van der Waals surface area contributed by atoms with Crippen molar-refractivity contribution in [3.8, 4) is 0 Å². The summed E-state index contributed by atoms with van der Waals surface area (Å²) in [6, 6.07) is 10.1. The molecule has 0 bridgehead atoms. The maximum atomic E-state index is 6.14. The fourth-order valence-electron chi connectivity index (χ4n) is 1.80. The van der Waals surface area contributed by atoms with Gasteiger partial charge in [-0.2, -0.15) is 0 Å². The quantitative estimate of drug-likeness (QED) is 0.875. The highest BCUT2D eigenvalue weighted by atomic mass is 35.5. The molecule has 0 saturated carbocycles. The molecule has 1 N–H and O–H groups in total. The fraction of sp³-hybridized carbons (Fsp3) is 0.286. The lowest BCUT2D eigenvalue weighted by atomic mass is 10.1. The Kier molecular flexibility index (Phi) is 3.75. The Balaban J connectivity index is 2.02. The molecule has 0 aliphatic carbocycles. The zero-order valence-electron chi connectivity index (χ0n) is 10.0. The van der Waals surface area contributed by atoms with Crippen molar-refractivity contribution in [2.75, 3.05) is 5.32 Å². The van der Waals surface area contributed by atoms with Crippen LogP contribution in [0.15, 0.2) is 41.0 Å². The molecule has 0 saturated heterocycles. The van der Waals surface area contributed by atoms with Crippen LogP contribution in [0.3, 0.4) is 0 Å². The number of benzene rings is 1. The van der Waals surface area contributed by atoms with Crippen LogP contribution >= 0.6 is 11.6 Å². The monoisotopic (exact) mass is 249 g/mol. The van der Waals surface area contributed by atoms with E-state index in [0.717, 1.165) is 22.9 Å². The predicted molar refractivity (Wildman–Crippen MR) is 71.7 cm³/mol. The smallest absolute Gasteiger partial charge is 0.105 e. The summed E-state index contributed by atoms with van der Waals surface area (Å²) in [5.74, 6) is 0.980. The van der Waals surface area contributed by atoms with E-state index in [2.05, 4.69) is 25.2 Å². The third kappa shape index (κ3) is 3.27. The van der Waals surface area contributed by atoms with E-state index >= 15 is 0 Å². The largest absolute Gasteiger partial charge is 0.469 e. The van der Waals surface area contributed by atoms with Crippen molar-refractivity contribution in [3.63, 3.8) is 0 Å². The number of nitrogens with one attached hydrogen (secondary N) is 1. The van der Waals surface area contributed by atoms with Crippen molar-refractivity contribution in [3.05, 3.63) is 52.9 Å². The van der Waals surface area contributed by atoms with Crippen molar-refractivity contribution in [2.45, 2.75) is 26.3 Å². The van der Waals surface area contributed by atoms with Crippen LogP contribution in [0.2, 0.25) is 5.02 Å². The highest BCUT2D eigenvalue weighted by molar-refractivity contribution is 6.33. The van der Waals surface area contributed by atoms with E-state index in [1.165, 1.54) is 5.56 Å². The average molecular weight is 250 g/mol. The van der Waals surface area contributed by atoms with Gasteiger partial charge in [-0.1, -0.05) is 17.7 Å². The molecular formula is C14H16ClNO. The molecule has 2 nitrogen and oxygen atoms in total. The Morgan fingerprint density at radius 3 is 2.88 bits per heavy atom. The predicted octanol–water partition coefficient (Wildman–Crippen LogP) is 4.28. The highest BCUT2D eigenvalue weighted by Crippen LogP contribution is 2.23. The van der Waals surface area contributed by atoms with Gasteiger partial charge < -0.3 is 9.73 Å². The molecule has 0 fully saturated rings. The number of anilines is 1. The van der Waals surface area contributed by atoms with Gasteiger partial charge in [0.1, 0.15) is 5.76 Å². The molecule has 2 rings (SSSR count). The van der Waals surface area contributed by atoms with Crippen LogP contribution in [-0.4, -0.2) is 6.04 Å². The van der Waals surface area contributed by atoms with Crippen LogP contribution in [0.5, 0.6) is 0 Å². The number of furan rings is 1. The second kappa shape index (κ2) is 5.28. The Morgan fingerprint density at radius 2 is 2.18 bits per heavy atom. The van der Waals surface area contributed by atoms with Crippen molar-refractivity contribution >= 4 is 17.3 Å². The van der Waals surface area contributed by atoms with E-state index in [9.17, 15) is 0 Å². The van der Waals surface area contributed by atoms with Gasteiger partial charge in [-0.3, -0.25) is 0 Å². The third-order valence-electron chi connectivity index (χ3n) is 2.61. The fourth-order valence-corrected chi connectivity index (χ4v) is 1.97. The first-order valence-corrected chi connectivity index (χ1v) is 6.08. The summed E-state index contributed by atoms with van der Waals surface area (Å²) in [5.41, 5.74) is 2.17. The molecule has 2 aromatic rings. The average Bonchev–Trinajstić information content (AvgIpc) is 2.76. The Hall–Kier alpha value is -1.41. The third-order valence-corrected chi connectivity index (χ3v) is 2.94. The summed E-state index contributed by atoms with van der Waals surface area (Å²) in [7, 11) is 0. The van der Waals surface area contributed by atoms with Crippen LogP contribution in [-0.2, 0) is 6.42 Å².